The summed E-state index contributed by atoms with van der Waals surface area (Å²) in [5, 5.41) is 22.8. The van der Waals surface area contributed by atoms with Crippen molar-refractivity contribution in [3.8, 4) is 5.69 Å². The number of aliphatic hydroxyl groups excluding tert-OH is 1. The number of hydrogen-bond acceptors (Lipinski definition) is 7. The quantitative estimate of drug-likeness (QED) is 0.781. The highest BCUT2D eigenvalue weighted by Gasteiger charge is 2.17. The summed E-state index contributed by atoms with van der Waals surface area (Å²) in [6, 6.07) is 7.96. The maximum absolute atomic E-state index is 10.2. The van der Waals surface area contributed by atoms with Crippen LogP contribution >= 0.6 is 11.8 Å². The predicted molar refractivity (Wildman–Crippen MR) is 87.9 cm³/mol. The Hall–Kier alpha value is -1.48. The molecule has 124 valence electrons. The van der Waals surface area contributed by atoms with Gasteiger partial charge in [-0.2, -0.15) is 4.68 Å². The molecule has 0 spiro atoms. The van der Waals surface area contributed by atoms with Gasteiger partial charge in [-0.1, -0.05) is 30.0 Å². The van der Waals surface area contributed by atoms with Crippen molar-refractivity contribution in [3.05, 3.63) is 29.8 Å². The second kappa shape index (κ2) is 7.87. The third-order valence-corrected chi connectivity index (χ3v) is 4.83. The van der Waals surface area contributed by atoms with Crippen LogP contribution in [0.3, 0.4) is 0 Å². The van der Waals surface area contributed by atoms with E-state index in [1.165, 1.54) is 11.8 Å². The van der Waals surface area contributed by atoms with E-state index in [4.69, 9.17) is 4.74 Å². The van der Waals surface area contributed by atoms with Gasteiger partial charge in [0, 0.05) is 25.4 Å². The maximum Gasteiger partial charge on any atom is 0.214 e. The maximum atomic E-state index is 10.2. The molecule has 1 atom stereocenters. The van der Waals surface area contributed by atoms with E-state index in [2.05, 4.69) is 20.4 Å². The molecule has 1 aromatic heterocycles. The number of morpholine rings is 1. The number of benzene rings is 1. The number of para-hydroxylation sites is 1. The molecular weight excluding hydrogens is 314 g/mol. The smallest absolute Gasteiger partial charge is 0.214 e. The number of β-amino-alcohol motifs (C(OH)–C–C–N with tert-alkyl or cyclic N) is 1. The molecule has 3 rings (SSSR count). The molecule has 7 nitrogen and oxygen atoms in total. The van der Waals surface area contributed by atoms with Crippen LogP contribution in [0.5, 0.6) is 0 Å². The third kappa shape index (κ3) is 4.29. The monoisotopic (exact) mass is 335 g/mol. The van der Waals surface area contributed by atoms with E-state index in [9.17, 15) is 5.11 Å². The number of hydrogen-bond donors (Lipinski definition) is 1. The summed E-state index contributed by atoms with van der Waals surface area (Å²) >= 11 is 1.47. The van der Waals surface area contributed by atoms with Gasteiger partial charge < -0.3 is 9.84 Å². The normalized spacial score (nSPS) is 17.3. The van der Waals surface area contributed by atoms with Gasteiger partial charge in [0.1, 0.15) is 0 Å². The van der Waals surface area contributed by atoms with Crippen LogP contribution in [0, 0.1) is 6.92 Å². The first-order chi connectivity index (χ1) is 11.2. The summed E-state index contributed by atoms with van der Waals surface area (Å²) in [7, 11) is 0. The van der Waals surface area contributed by atoms with E-state index in [0.29, 0.717) is 17.5 Å². The molecule has 23 heavy (non-hydrogen) atoms. The minimum absolute atomic E-state index is 0.417. The van der Waals surface area contributed by atoms with Gasteiger partial charge in [0.15, 0.2) is 0 Å². The molecule has 0 aliphatic carbocycles. The first-order valence-electron chi connectivity index (χ1n) is 7.69. The largest absolute Gasteiger partial charge is 0.391 e. The molecule has 1 saturated heterocycles. The number of aryl methyl sites for hydroxylation is 1. The van der Waals surface area contributed by atoms with E-state index >= 15 is 0 Å². The molecule has 0 amide bonds. The zero-order chi connectivity index (χ0) is 16.1. The SMILES string of the molecule is Cc1ccccc1-n1nnnc1SC[C@H](O)CN1CCOCC1. The van der Waals surface area contributed by atoms with Crippen LogP contribution in [0.4, 0.5) is 0 Å². The summed E-state index contributed by atoms with van der Waals surface area (Å²) in [6.45, 7) is 5.92. The number of rotatable bonds is 6. The third-order valence-electron chi connectivity index (χ3n) is 3.76. The van der Waals surface area contributed by atoms with Crippen LogP contribution in [-0.2, 0) is 4.74 Å². The summed E-state index contributed by atoms with van der Waals surface area (Å²) in [5.41, 5.74) is 2.07. The Kier molecular flexibility index (Phi) is 5.60. The second-order valence-electron chi connectivity index (χ2n) is 5.54. The van der Waals surface area contributed by atoms with Crippen molar-refractivity contribution in [2.75, 3.05) is 38.6 Å². The Morgan fingerprint density at radius 2 is 2.09 bits per heavy atom. The van der Waals surface area contributed by atoms with Gasteiger partial charge in [0.25, 0.3) is 0 Å². The number of thioether (sulfide) groups is 1. The number of tetrazole rings is 1. The summed E-state index contributed by atoms with van der Waals surface area (Å²) in [5.74, 6) is 0.559. The average molecular weight is 335 g/mol. The fraction of sp³-hybridized carbons (Fsp3) is 0.533. The Morgan fingerprint density at radius 1 is 1.30 bits per heavy atom. The second-order valence-corrected chi connectivity index (χ2v) is 6.52. The van der Waals surface area contributed by atoms with Crippen LogP contribution in [0.2, 0.25) is 0 Å². The molecule has 1 aliphatic heterocycles. The molecule has 2 aromatic rings. The van der Waals surface area contributed by atoms with Gasteiger partial charge in [0.2, 0.25) is 5.16 Å². The molecular formula is C15H21N5O2S. The predicted octanol–water partition coefficient (Wildman–Crippen LogP) is 0.756. The molecule has 2 heterocycles. The van der Waals surface area contributed by atoms with E-state index in [-0.39, 0.29) is 0 Å². The van der Waals surface area contributed by atoms with Crippen molar-refractivity contribution in [1.82, 2.24) is 25.1 Å². The molecule has 1 fully saturated rings. The van der Waals surface area contributed by atoms with Crippen LogP contribution in [0.1, 0.15) is 5.56 Å². The number of aromatic nitrogens is 4. The number of aliphatic hydroxyl groups is 1. The van der Waals surface area contributed by atoms with E-state index in [0.717, 1.165) is 37.6 Å². The number of nitrogens with zero attached hydrogens (tertiary/aromatic N) is 5. The van der Waals surface area contributed by atoms with Gasteiger partial charge in [-0.05, 0) is 29.0 Å². The van der Waals surface area contributed by atoms with Gasteiger partial charge in [-0.3, -0.25) is 4.90 Å². The van der Waals surface area contributed by atoms with Gasteiger partial charge in [0.05, 0.1) is 25.0 Å². The summed E-state index contributed by atoms with van der Waals surface area (Å²) < 4.78 is 7.04. The van der Waals surface area contributed by atoms with Crippen molar-refractivity contribution >= 4 is 11.8 Å². The lowest BCUT2D eigenvalue weighted by Crippen LogP contribution is -2.41. The van der Waals surface area contributed by atoms with Crippen LogP contribution in [-0.4, -0.2) is 74.9 Å². The molecule has 0 bridgehead atoms. The summed E-state index contributed by atoms with van der Waals surface area (Å²) in [4.78, 5) is 2.22. The Balaban J connectivity index is 1.59. The Morgan fingerprint density at radius 3 is 2.87 bits per heavy atom. The molecule has 1 aliphatic rings. The lowest BCUT2D eigenvalue weighted by atomic mass is 10.2. The lowest BCUT2D eigenvalue weighted by Gasteiger charge is -2.28. The fourth-order valence-corrected chi connectivity index (χ4v) is 3.32. The van der Waals surface area contributed by atoms with Crippen molar-refractivity contribution in [1.29, 1.82) is 0 Å². The highest BCUT2D eigenvalue weighted by atomic mass is 32.2. The Labute approximate surface area is 139 Å². The van der Waals surface area contributed by atoms with Crippen molar-refractivity contribution in [2.45, 2.75) is 18.2 Å². The topological polar surface area (TPSA) is 76.3 Å². The zero-order valence-corrected chi connectivity index (χ0v) is 13.9. The van der Waals surface area contributed by atoms with E-state index in [1.807, 2.05) is 31.2 Å². The van der Waals surface area contributed by atoms with Gasteiger partial charge >= 0.3 is 0 Å². The van der Waals surface area contributed by atoms with E-state index < -0.39 is 6.10 Å². The molecule has 0 saturated carbocycles. The van der Waals surface area contributed by atoms with Gasteiger partial charge in [-0.15, -0.1) is 5.10 Å². The van der Waals surface area contributed by atoms with Crippen LogP contribution in [0.15, 0.2) is 29.4 Å². The lowest BCUT2D eigenvalue weighted by molar-refractivity contribution is 0.0188. The molecule has 8 heteroatoms. The van der Waals surface area contributed by atoms with Crippen LogP contribution < -0.4 is 0 Å². The average Bonchev–Trinajstić information content (AvgIpc) is 3.03. The highest BCUT2D eigenvalue weighted by Crippen LogP contribution is 2.21. The molecule has 1 aromatic carbocycles. The minimum atomic E-state index is -0.417. The number of ether oxygens (including phenoxy) is 1. The standard InChI is InChI=1S/C15H21N5O2S/c1-12-4-2-3-5-14(12)20-15(16-17-18-20)23-11-13(21)10-19-6-8-22-9-7-19/h2-5,13,21H,6-11H2,1H3/t13-/m1/s1. The minimum Gasteiger partial charge on any atom is -0.391 e. The van der Waals surface area contributed by atoms with Crippen molar-refractivity contribution in [3.63, 3.8) is 0 Å². The highest BCUT2D eigenvalue weighted by molar-refractivity contribution is 7.99. The fourth-order valence-electron chi connectivity index (χ4n) is 2.53. The Bertz CT molecular complexity index is 630. The molecule has 1 N–H and O–H groups in total. The first kappa shape index (κ1) is 16.4. The summed E-state index contributed by atoms with van der Waals surface area (Å²) in [6.07, 6.45) is -0.417. The van der Waals surface area contributed by atoms with E-state index in [1.54, 1.807) is 4.68 Å². The van der Waals surface area contributed by atoms with Crippen molar-refractivity contribution in [2.24, 2.45) is 0 Å². The van der Waals surface area contributed by atoms with Gasteiger partial charge in [-0.25, -0.2) is 0 Å². The molecule has 0 unspecified atom stereocenters. The zero-order valence-electron chi connectivity index (χ0n) is 13.1. The van der Waals surface area contributed by atoms with Crippen molar-refractivity contribution < 1.29 is 9.84 Å². The molecule has 0 radical (unpaired) electrons. The first-order valence-corrected chi connectivity index (χ1v) is 8.68. The van der Waals surface area contributed by atoms with Crippen LogP contribution in [0.25, 0.3) is 5.69 Å².